The number of carboxylic acids is 1. The number of benzene rings is 1. The number of aromatic nitrogens is 1. The molecule has 1 aliphatic rings. The largest absolute Gasteiger partial charge is 0.481 e. The summed E-state index contributed by atoms with van der Waals surface area (Å²) in [5, 5.41) is 14.1. The number of esters is 1. The van der Waals surface area contributed by atoms with E-state index < -0.39 is 42.3 Å². The summed E-state index contributed by atoms with van der Waals surface area (Å²) < 4.78 is 19.6. The molecule has 1 aromatic heterocycles. The van der Waals surface area contributed by atoms with E-state index in [-0.39, 0.29) is 30.7 Å². The molecule has 1 unspecified atom stereocenters. The molecule has 1 aromatic carbocycles. The average molecular weight is 614 g/mol. The number of nitrogens with zero attached hydrogens (tertiary/aromatic N) is 2. The third-order valence-electron chi connectivity index (χ3n) is 7.48. The van der Waals surface area contributed by atoms with Crippen LogP contribution in [0, 0.1) is 19.7 Å². The number of hydrogen-bond acceptors (Lipinski definition) is 7. The smallest absolute Gasteiger partial charge is 0.330 e. The molecule has 0 saturated heterocycles. The van der Waals surface area contributed by atoms with Crippen LogP contribution in [0.2, 0.25) is 0 Å². The molecule has 2 aromatic rings. The van der Waals surface area contributed by atoms with Crippen molar-refractivity contribution in [2.45, 2.75) is 59.9 Å². The number of hydrogen-bond donors (Lipinski definition) is 4. The SMILES string of the molecule is CCN(CC)CCNC(=O)c1c(C)[nH]c(/C=C2\C(=O)N(COC(=O)C(C)NC(=O)CCCC(=O)O)c3ccc(F)cc32)c1C. The number of fused-ring (bicyclic) bond motifs is 1. The van der Waals surface area contributed by atoms with Crippen LogP contribution in [0.3, 0.4) is 0 Å². The van der Waals surface area contributed by atoms with Crippen LogP contribution in [0.5, 0.6) is 0 Å². The van der Waals surface area contributed by atoms with Gasteiger partial charge in [-0.3, -0.25) is 24.1 Å². The first-order valence-electron chi connectivity index (χ1n) is 14.6. The zero-order chi connectivity index (χ0) is 32.6. The van der Waals surface area contributed by atoms with Crippen molar-refractivity contribution >= 4 is 47.0 Å². The molecule has 1 atom stereocenters. The number of aromatic amines is 1. The summed E-state index contributed by atoms with van der Waals surface area (Å²) >= 11 is 0. The normalized spacial score (nSPS) is 14.1. The summed E-state index contributed by atoms with van der Waals surface area (Å²) in [5.41, 5.74) is 2.98. The van der Waals surface area contributed by atoms with Gasteiger partial charge in [-0.2, -0.15) is 0 Å². The second-order valence-corrected chi connectivity index (χ2v) is 10.5. The molecule has 4 N–H and O–H groups in total. The number of aliphatic carboxylic acids is 1. The highest BCUT2D eigenvalue weighted by Crippen LogP contribution is 2.38. The van der Waals surface area contributed by atoms with Crippen molar-refractivity contribution in [3.8, 4) is 0 Å². The number of carbonyl (C=O) groups is 5. The van der Waals surface area contributed by atoms with Gasteiger partial charge in [0.15, 0.2) is 6.73 Å². The van der Waals surface area contributed by atoms with E-state index in [1.807, 2.05) is 0 Å². The van der Waals surface area contributed by atoms with E-state index >= 15 is 0 Å². The lowest BCUT2D eigenvalue weighted by molar-refractivity contribution is -0.147. The van der Waals surface area contributed by atoms with E-state index in [1.54, 1.807) is 19.9 Å². The maximum Gasteiger partial charge on any atom is 0.330 e. The van der Waals surface area contributed by atoms with Crippen molar-refractivity contribution in [3.05, 3.63) is 52.1 Å². The van der Waals surface area contributed by atoms with E-state index in [0.29, 0.717) is 46.9 Å². The minimum atomic E-state index is -1.05. The number of amides is 3. The molecule has 0 fully saturated rings. The number of H-pyrrole nitrogens is 1. The van der Waals surface area contributed by atoms with Crippen molar-refractivity contribution in [3.63, 3.8) is 0 Å². The number of carbonyl (C=O) groups excluding carboxylic acids is 4. The fourth-order valence-corrected chi connectivity index (χ4v) is 4.98. The van der Waals surface area contributed by atoms with Crippen LogP contribution in [-0.2, 0) is 23.9 Å². The van der Waals surface area contributed by atoms with Crippen molar-refractivity contribution in [1.82, 2.24) is 20.5 Å². The van der Waals surface area contributed by atoms with E-state index in [4.69, 9.17) is 9.84 Å². The van der Waals surface area contributed by atoms with Gasteiger partial charge in [-0.1, -0.05) is 13.8 Å². The Hall–Kier alpha value is -4.52. The van der Waals surface area contributed by atoms with Gasteiger partial charge in [-0.05, 0) is 70.1 Å². The van der Waals surface area contributed by atoms with Crippen LogP contribution in [0.1, 0.15) is 72.9 Å². The number of anilines is 1. The molecule has 0 spiro atoms. The Balaban J connectivity index is 1.75. The summed E-state index contributed by atoms with van der Waals surface area (Å²) in [4.78, 5) is 68.3. The number of carboxylic acid groups (broad SMARTS) is 1. The highest BCUT2D eigenvalue weighted by atomic mass is 19.1. The number of aryl methyl sites for hydroxylation is 1. The molecule has 44 heavy (non-hydrogen) atoms. The molecule has 3 amide bonds. The zero-order valence-corrected chi connectivity index (χ0v) is 25.7. The molecular weight excluding hydrogens is 573 g/mol. The highest BCUT2D eigenvalue weighted by Gasteiger charge is 2.34. The van der Waals surface area contributed by atoms with Crippen molar-refractivity contribution in [1.29, 1.82) is 0 Å². The monoisotopic (exact) mass is 613 g/mol. The lowest BCUT2D eigenvalue weighted by Crippen LogP contribution is -2.41. The van der Waals surface area contributed by atoms with Gasteiger partial charge >= 0.3 is 11.9 Å². The van der Waals surface area contributed by atoms with Gasteiger partial charge in [0.25, 0.3) is 11.8 Å². The fourth-order valence-electron chi connectivity index (χ4n) is 4.98. The number of likely N-dealkylation sites (N-methyl/N-ethyl adjacent to an activating group) is 1. The second kappa shape index (κ2) is 15.3. The number of rotatable bonds is 15. The molecule has 12 nitrogen and oxygen atoms in total. The van der Waals surface area contributed by atoms with Gasteiger partial charge in [0.2, 0.25) is 5.91 Å². The molecule has 2 heterocycles. The third kappa shape index (κ3) is 8.31. The Labute approximate surface area is 255 Å². The lowest BCUT2D eigenvalue weighted by atomic mass is 10.0. The van der Waals surface area contributed by atoms with E-state index in [9.17, 15) is 28.4 Å². The summed E-state index contributed by atoms with van der Waals surface area (Å²) in [6.45, 7) is 11.5. The van der Waals surface area contributed by atoms with Gasteiger partial charge < -0.3 is 30.4 Å². The van der Waals surface area contributed by atoms with E-state index in [0.717, 1.165) is 13.1 Å². The van der Waals surface area contributed by atoms with Crippen LogP contribution in [-0.4, -0.2) is 83.6 Å². The van der Waals surface area contributed by atoms with Gasteiger partial charge in [-0.15, -0.1) is 0 Å². The molecule has 1 aliphatic heterocycles. The minimum Gasteiger partial charge on any atom is -0.481 e. The minimum absolute atomic E-state index is 0.0705. The first-order chi connectivity index (χ1) is 20.9. The number of halogens is 1. The van der Waals surface area contributed by atoms with E-state index in [2.05, 4.69) is 34.4 Å². The summed E-state index contributed by atoms with van der Waals surface area (Å²) in [5.74, 6) is -3.68. The Morgan fingerprint density at radius 1 is 1.16 bits per heavy atom. The molecule has 0 saturated carbocycles. The third-order valence-corrected chi connectivity index (χ3v) is 7.48. The average Bonchev–Trinajstić information content (AvgIpc) is 3.39. The first kappa shape index (κ1) is 34.0. The molecule has 0 aliphatic carbocycles. The van der Waals surface area contributed by atoms with Crippen molar-refractivity contribution in [2.75, 3.05) is 37.8 Å². The quantitative estimate of drug-likeness (QED) is 0.176. The first-order valence-corrected chi connectivity index (χ1v) is 14.6. The van der Waals surface area contributed by atoms with Crippen LogP contribution < -0.4 is 15.5 Å². The summed E-state index contributed by atoms with van der Waals surface area (Å²) in [7, 11) is 0. The van der Waals surface area contributed by atoms with Gasteiger partial charge in [0.1, 0.15) is 11.9 Å². The number of ether oxygens (including phenoxy) is 1. The van der Waals surface area contributed by atoms with E-state index in [1.165, 1.54) is 30.0 Å². The maximum atomic E-state index is 14.3. The van der Waals surface area contributed by atoms with Crippen LogP contribution in [0.4, 0.5) is 10.1 Å². The summed E-state index contributed by atoms with van der Waals surface area (Å²) in [6, 6.07) is 2.77. The standard InChI is InChI=1S/C31H40FN5O7/c1-6-36(7-2)14-13-33-29(41)28-18(3)24(34-19(28)4)16-23-22-15-21(32)11-12-25(22)37(30(23)42)17-44-31(43)20(5)35-26(38)9-8-10-27(39)40/h11-12,15-16,20,34H,6-10,13-14,17H2,1-5H3,(H,33,41)(H,35,38)(H,39,40)/b23-16-. The predicted octanol–water partition coefficient (Wildman–Crippen LogP) is 2.99. The van der Waals surface area contributed by atoms with Crippen LogP contribution in [0.15, 0.2) is 18.2 Å². The Morgan fingerprint density at radius 3 is 2.52 bits per heavy atom. The zero-order valence-electron chi connectivity index (χ0n) is 25.7. The van der Waals surface area contributed by atoms with Gasteiger partial charge in [0, 0.05) is 42.9 Å². The number of nitrogens with one attached hydrogen (secondary N) is 3. The fraction of sp³-hybridized carbons (Fsp3) is 0.452. The predicted molar refractivity (Wildman–Crippen MR) is 162 cm³/mol. The highest BCUT2D eigenvalue weighted by molar-refractivity contribution is 6.35. The topological polar surface area (TPSA) is 161 Å². The molecule has 13 heteroatoms. The molecule has 0 bridgehead atoms. The Bertz CT molecular complexity index is 1450. The van der Waals surface area contributed by atoms with Gasteiger partial charge in [0.05, 0.1) is 16.8 Å². The van der Waals surface area contributed by atoms with Gasteiger partial charge in [-0.25, -0.2) is 9.18 Å². The molecule has 0 radical (unpaired) electrons. The summed E-state index contributed by atoms with van der Waals surface area (Å²) in [6.07, 6.45) is 1.43. The molecular formula is C31H40FN5O7. The van der Waals surface area contributed by atoms with Crippen molar-refractivity contribution < 1.29 is 38.2 Å². The Morgan fingerprint density at radius 2 is 1.86 bits per heavy atom. The van der Waals surface area contributed by atoms with Crippen molar-refractivity contribution in [2.24, 2.45) is 0 Å². The lowest BCUT2D eigenvalue weighted by Gasteiger charge is -2.19. The van der Waals surface area contributed by atoms with Crippen LogP contribution in [0.25, 0.3) is 11.6 Å². The Kier molecular flexibility index (Phi) is 11.8. The molecule has 3 rings (SSSR count). The molecule has 238 valence electrons. The maximum absolute atomic E-state index is 14.3. The van der Waals surface area contributed by atoms with Crippen LogP contribution >= 0.6 is 0 Å². The second-order valence-electron chi connectivity index (χ2n) is 10.5.